The number of nitrogens with zero attached hydrogens (tertiary/aromatic N) is 7. The summed E-state index contributed by atoms with van der Waals surface area (Å²) in [4.78, 5) is 35.6. The quantitative estimate of drug-likeness (QED) is 0.0442. The SMILES string of the molecule is C#CC#CC#CC#CC#CC#CC#CC#CC#CC#CC#CC#CC.CC(=O)N(CC1CCN(C)CC1)c1cc(C)sc1C(=O)NCc1ccc2c(N)nccc2c1.NN=NN=[N+]([O-])OS.[HH].[HH].[HH].[HH].[HH].[HH].[HH].[HH].[HH].[HH].[HH].[HH].[HH]. The Labute approximate surface area is 414 Å². The lowest BCUT2D eigenvalue weighted by molar-refractivity contribution is -0.744. The van der Waals surface area contributed by atoms with Crippen LogP contribution in [0.5, 0.6) is 0 Å². The Morgan fingerprint density at radius 3 is 1.95 bits per heavy atom. The highest BCUT2D eigenvalue weighted by molar-refractivity contribution is 7.74. The zero-order valence-electron chi connectivity index (χ0n) is 36.1. The summed E-state index contributed by atoms with van der Waals surface area (Å²) in [5.41, 5.74) is 7.63. The molecule has 0 radical (unpaired) electrons. The Bertz CT molecular complexity index is 3140. The number of nitrogen functional groups attached to an aromatic ring is 1. The number of nitrogens with one attached hydrogen (secondary N) is 1. The van der Waals surface area contributed by atoms with Crippen LogP contribution in [0.15, 0.2) is 52.2 Å². The third-order valence-electron chi connectivity index (χ3n) is 7.99. The first kappa shape index (κ1) is 52.8. The van der Waals surface area contributed by atoms with E-state index in [9.17, 15) is 14.8 Å². The number of thiophene rings is 1. The second-order valence-electron chi connectivity index (χ2n) is 12.5. The van der Waals surface area contributed by atoms with Gasteiger partial charge in [-0.3, -0.25) is 15.4 Å². The maximum absolute atomic E-state index is 13.2. The molecule has 3 heterocycles. The molecule has 1 aliphatic rings. The molecule has 0 bridgehead atoms. The summed E-state index contributed by atoms with van der Waals surface area (Å²) in [5.74, 6) is 62.1. The number of aryl methyl sites for hydroxylation is 1. The van der Waals surface area contributed by atoms with Gasteiger partial charge >= 0.3 is 0 Å². The highest BCUT2D eigenvalue weighted by Gasteiger charge is 2.26. The van der Waals surface area contributed by atoms with E-state index in [1.807, 2.05) is 37.3 Å². The number of hydrogen-bond donors (Lipinski definition) is 4. The molecule has 66 heavy (non-hydrogen) atoms. The van der Waals surface area contributed by atoms with Crippen LogP contribution in [0.1, 0.15) is 65.3 Å². The van der Waals surface area contributed by atoms with E-state index in [1.165, 1.54) is 11.3 Å². The van der Waals surface area contributed by atoms with E-state index in [0.717, 1.165) is 52.8 Å². The second-order valence-corrected chi connectivity index (χ2v) is 13.9. The van der Waals surface area contributed by atoms with Gasteiger partial charge < -0.3 is 30.3 Å². The molecule has 5 N–H and O–H groups in total. The Hall–Kier alpha value is -9.30. The van der Waals surface area contributed by atoms with Crippen LogP contribution in [-0.2, 0) is 15.6 Å². The fourth-order valence-corrected chi connectivity index (χ4v) is 6.11. The maximum atomic E-state index is 13.2. The molecule has 2 amide bonds. The first-order valence-corrected chi connectivity index (χ1v) is 20.2. The Morgan fingerprint density at radius 1 is 0.939 bits per heavy atom. The lowest BCUT2D eigenvalue weighted by atomic mass is 9.96. The average Bonchev–Trinajstić information content (AvgIpc) is 3.71. The fourth-order valence-electron chi connectivity index (χ4n) is 5.15. The van der Waals surface area contributed by atoms with Gasteiger partial charge in [0.1, 0.15) is 10.7 Å². The van der Waals surface area contributed by atoms with Crippen LogP contribution in [0.4, 0.5) is 11.5 Å². The lowest BCUT2D eigenvalue weighted by Gasteiger charge is -2.32. The maximum Gasteiger partial charge on any atom is 0.263 e. The average molecular weight is 933 g/mol. The molecule has 3 aromatic rings. The van der Waals surface area contributed by atoms with Crippen molar-refractivity contribution in [2.45, 2.75) is 40.2 Å². The summed E-state index contributed by atoms with van der Waals surface area (Å²) in [6.07, 6.45) is 8.72. The first-order chi connectivity index (χ1) is 32.0. The molecule has 350 valence electrons. The molecule has 1 fully saturated rings. The van der Waals surface area contributed by atoms with Crippen molar-refractivity contribution < 1.29 is 37.4 Å². The predicted molar refractivity (Wildman–Crippen MR) is 287 cm³/mol. The molecular weight excluding hydrogens is 869 g/mol. The number of hydrogen-bond acceptors (Lipinski definition) is 10. The molecule has 4 rings (SSSR count). The summed E-state index contributed by atoms with van der Waals surface area (Å²) in [6, 6.07) is 9.76. The third-order valence-corrected chi connectivity index (χ3v) is 9.16. The van der Waals surface area contributed by atoms with Crippen molar-refractivity contribution in [3.63, 3.8) is 0 Å². The van der Waals surface area contributed by atoms with E-state index < -0.39 is 0 Å². The van der Waals surface area contributed by atoms with E-state index in [0.29, 0.717) is 29.7 Å². The van der Waals surface area contributed by atoms with Gasteiger partial charge in [0.15, 0.2) is 0 Å². The molecule has 1 aliphatic heterocycles. The van der Waals surface area contributed by atoms with Gasteiger partial charge in [0.05, 0.1) is 15.9 Å². The first-order valence-electron chi connectivity index (χ1n) is 19.0. The molecule has 16 heteroatoms. The van der Waals surface area contributed by atoms with Crippen LogP contribution in [-0.4, -0.2) is 53.4 Å². The molecule has 0 atom stereocenters. The number of rotatable bonds is 8. The minimum Gasteiger partial charge on any atom is -0.394 e. The molecule has 0 unspecified atom stereocenters. The van der Waals surface area contributed by atoms with E-state index in [2.05, 4.69) is 197 Å². The second kappa shape index (κ2) is 32.4. The zero-order chi connectivity index (χ0) is 48.2. The summed E-state index contributed by atoms with van der Waals surface area (Å²) < 4.78 is 3.65. The van der Waals surface area contributed by atoms with Gasteiger partial charge in [0.25, 0.3) is 5.91 Å². The Morgan fingerprint density at radius 2 is 1.47 bits per heavy atom. The molecule has 14 nitrogen and oxygen atoms in total. The van der Waals surface area contributed by atoms with Gasteiger partial charge in [-0.05, 0) is 177 Å². The number of benzene rings is 1. The van der Waals surface area contributed by atoms with Crippen LogP contribution < -0.4 is 21.8 Å². The summed E-state index contributed by atoms with van der Waals surface area (Å²) in [7, 11) is 2.13. The molecule has 0 saturated carbocycles. The molecule has 1 saturated heterocycles. The van der Waals surface area contributed by atoms with Gasteiger partial charge in [-0.25, -0.2) is 4.98 Å². The molecule has 0 aliphatic carbocycles. The largest absolute Gasteiger partial charge is 0.394 e. The number of carbonyl (C=O) groups is 2. The van der Waals surface area contributed by atoms with Crippen molar-refractivity contribution >= 4 is 58.3 Å². The number of thiol groups is 1. The Balaban J connectivity index is -0.0000000888. The monoisotopic (exact) mass is 932 g/mol. The number of likely N-dealkylation sites (tertiary alicyclic amines) is 1. The summed E-state index contributed by atoms with van der Waals surface area (Å²) >= 11 is 4.50. The fraction of sp³-hybridized carbons (Fsp3) is 0.220. The van der Waals surface area contributed by atoms with E-state index >= 15 is 0 Å². The summed E-state index contributed by atoms with van der Waals surface area (Å²) in [5, 5.41) is 22.5. The number of aromatic nitrogens is 1. The number of carbonyl (C=O) groups excluding carboxylic acids is 2. The minimum atomic E-state index is -0.264. The third kappa shape index (κ3) is 22.0. The molecular formula is C50H64N10O4S2. The van der Waals surface area contributed by atoms with Crippen molar-refractivity contribution in [2.75, 3.05) is 37.3 Å². The van der Waals surface area contributed by atoms with Crippen molar-refractivity contribution in [2.24, 2.45) is 27.4 Å². The number of nitrogens with two attached hydrogens (primary N) is 2. The Kier molecular flexibility index (Phi) is 26.0. The molecule has 0 spiro atoms. The van der Waals surface area contributed by atoms with Crippen LogP contribution in [0.25, 0.3) is 10.8 Å². The van der Waals surface area contributed by atoms with Crippen molar-refractivity contribution in [3.8, 4) is 143 Å². The smallest absolute Gasteiger partial charge is 0.263 e. The van der Waals surface area contributed by atoms with E-state index in [4.69, 9.17) is 12.2 Å². The number of fused-ring (bicyclic) bond motifs is 1. The number of anilines is 2. The van der Waals surface area contributed by atoms with E-state index in [-0.39, 0.29) is 35.4 Å². The van der Waals surface area contributed by atoms with Crippen molar-refractivity contribution in [1.29, 1.82) is 0 Å². The van der Waals surface area contributed by atoms with Crippen LogP contribution in [0.3, 0.4) is 0 Å². The number of pyridine rings is 1. The van der Waals surface area contributed by atoms with Gasteiger partial charge in [0.2, 0.25) is 16.4 Å². The number of terminal acetylenes is 1. The van der Waals surface area contributed by atoms with Gasteiger partial charge in [-0.1, -0.05) is 31.0 Å². The van der Waals surface area contributed by atoms with Crippen LogP contribution in [0.2, 0.25) is 0 Å². The molecule has 1 aromatic carbocycles. The molecule has 2 aromatic heterocycles. The lowest BCUT2D eigenvalue weighted by Crippen LogP contribution is -2.39. The highest BCUT2D eigenvalue weighted by atomic mass is 32.1. The highest BCUT2D eigenvalue weighted by Crippen LogP contribution is 2.32. The minimum absolute atomic E-state index is 0. The van der Waals surface area contributed by atoms with Gasteiger partial charge in [-0.2, -0.15) is 0 Å². The van der Waals surface area contributed by atoms with Gasteiger partial charge in [-0.15, -0.1) is 17.8 Å². The normalized spacial score (nSPS) is 10.5. The van der Waals surface area contributed by atoms with Crippen LogP contribution >= 0.6 is 24.2 Å². The van der Waals surface area contributed by atoms with Crippen molar-refractivity contribution in [3.05, 3.63) is 57.1 Å². The number of amides is 2. The summed E-state index contributed by atoms with van der Waals surface area (Å²) in [6.45, 7) is 8.38. The van der Waals surface area contributed by atoms with Gasteiger partial charge in [0, 0.05) is 90.5 Å². The predicted octanol–water partition coefficient (Wildman–Crippen LogP) is 7.65. The van der Waals surface area contributed by atoms with Crippen LogP contribution in [0, 0.1) is 161 Å². The standard InChI is InChI=1S/C25H31N5O2S.C25H4.H3N5O2S.13H2/c1-16-12-22(30(17(2)31)15-18-7-10-29(3)11-8-18)23(33-16)25(32)28-14-19-4-5-21-20(13-19)6-9-27-24(21)26;1-3-5-7-9-11-13-15-17-19-21-23-25-24-22-20-18-16-14-12-10-8-6-4-2;1-2-3-4-5(6)7-8;;;;;;;;;;;;;/h4-6,9,12-13,18H,7-8,10-11,14-15H2,1-3H3,(H2,26,27)(H,28,32);1H,2H3;8H,(H2,1,3);13*1H. The van der Waals surface area contributed by atoms with E-state index in [1.54, 1.807) is 24.9 Å². The topological polar surface area (TPSA) is 190 Å². The zero-order valence-corrected chi connectivity index (χ0v) is 37.8. The number of piperidine rings is 1. The van der Waals surface area contributed by atoms with Crippen molar-refractivity contribution in [1.82, 2.24) is 15.2 Å².